The zero-order valence-corrected chi connectivity index (χ0v) is 15.3. The Kier molecular flexibility index (Phi) is 4.76. The first-order chi connectivity index (χ1) is 11.3. The summed E-state index contributed by atoms with van der Waals surface area (Å²) in [7, 11) is -3.22. The van der Waals surface area contributed by atoms with E-state index < -0.39 is 10.0 Å². The van der Waals surface area contributed by atoms with Crippen molar-refractivity contribution in [2.24, 2.45) is 5.92 Å². The molecule has 0 saturated carbocycles. The highest BCUT2D eigenvalue weighted by Crippen LogP contribution is 2.36. The number of hydrogen-bond acceptors (Lipinski definition) is 5. The van der Waals surface area contributed by atoms with Crippen molar-refractivity contribution < 1.29 is 13.2 Å². The fraction of sp³-hybridized carbons (Fsp3) is 0.600. The Bertz CT molecular complexity index is 818. The van der Waals surface area contributed by atoms with Crippen LogP contribution in [0.2, 0.25) is 0 Å². The summed E-state index contributed by atoms with van der Waals surface area (Å²) >= 11 is 1.40. The molecule has 0 radical (unpaired) electrons. The van der Waals surface area contributed by atoms with E-state index in [4.69, 9.17) is 0 Å². The summed E-state index contributed by atoms with van der Waals surface area (Å²) in [6.07, 6.45) is 3.95. The second-order valence-electron chi connectivity index (χ2n) is 6.45. The van der Waals surface area contributed by atoms with Crippen LogP contribution in [0.5, 0.6) is 0 Å². The molecule has 0 aromatic carbocycles. The van der Waals surface area contributed by atoms with Crippen molar-refractivity contribution in [1.82, 2.24) is 8.87 Å². The number of sulfonamides is 1. The molecule has 3 heterocycles. The third kappa shape index (κ3) is 3.38. The SMILES string of the molecule is CSCC(=O)Nc1ccc2n(c1=O)C[C@H]1C[C@@H]2CN(S(C)(=O)=O)C1. The molecule has 2 aliphatic rings. The molecule has 1 saturated heterocycles. The first-order valence-corrected chi connectivity index (χ1v) is 11.0. The molecule has 1 aromatic heterocycles. The van der Waals surface area contributed by atoms with Gasteiger partial charge in [0.25, 0.3) is 5.56 Å². The molecular weight excluding hydrogens is 350 g/mol. The van der Waals surface area contributed by atoms with E-state index >= 15 is 0 Å². The van der Waals surface area contributed by atoms with Crippen molar-refractivity contribution >= 4 is 33.4 Å². The Morgan fingerprint density at radius 2 is 2.08 bits per heavy atom. The lowest BCUT2D eigenvalue weighted by molar-refractivity contribution is -0.113. The Morgan fingerprint density at radius 3 is 2.75 bits per heavy atom. The molecular formula is C15H21N3O4S2. The van der Waals surface area contributed by atoms with E-state index in [-0.39, 0.29) is 29.0 Å². The molecule has 0 aliphatic carbocycles. The predicted molar refractivity (Wildman–Crippen MR) is 95.0 cm³/mol. The second kappa shape index (κ2) is 6.53. The number of carbonyl (C=O) groups is 1. The number of piperidine rings is 1. The topological polar surface area (TPSA) is 88.5 Å². The maximum atomic E-state index is 12.7. The lowest BCUT2D eigenvalue weighted by Gasteiger charge is -2.41. The maximum Gasteiger partial charge on any atom is 0.274 e. The Morgan fingerprint density at radius 1 is 1.33 bits per heavy atom. The molecule has 2 aliphatic heterocycles. The minimum Gasteiger partial charge on any atom is -0.321 e. The van der Waals surface area contributed by atoms with Gasteiger partial charge in [0.15, 0.2) is 0 Å². The van der Waals surface area contributed by atoms with Gasteiger partial charge in [-0.2, -0.15) is 11.8 Å². The third-order valence-electron chi connectivity index (χ3n) is 4.59. The zero-order valence-electron chi connectivity index (χ0n) is 13.7. The van der Waals surface area contributed by atoms with Gasteiger partial charge in [0, 0.05) is 31.2 Å². The van der Waals surface area contributed by atoms with Crippen LogP contribution in [-0.4, -0.2) is 54.6 Å². The quantitative estimate of drug-likeness (QED) is 0.834. The molecule has 1 amide bonds. The molecule has 0 spiro atoms. The number of amides is 1. The molecule has 1 N–H and O–H groups in total. The van der Waals surface area contributed by atoms with Gasteiger partial charge in [0.05, 0.1) is 12.0 Å². The standard InChI is InChI=1S/C15H21N3O4S2/c1-23-9-14(19)16-12-3-4-13-11-5-10(7-18(13)15(12)20)6-17(8-11)24(2,21)22/h3-4,10-11H,5-9H2,1-2H3,(H,16,19)/t10-,11+/m0/s1. The van der Waals surface area contributed by atoms with Gasteiger partial charge in [0.2, 0.25) is 15.9 Å². The molecule has 2 atom stereocenters. The average molecular weight is 371 g/mol. The summed E-state index contributed by atoms with van der Waals surface area (Å²) in [5.74, 6) is 0.256. The summed E-state index contributed by atoms with van der Waals surface area (Å²) in [4.78, 5) is 24.4. The minimum absolute atomic E-state index is 0.0240. The molecule has 9 heteroatoms. The normalized spacial score (nSPS) is 23.6. The van der Waals surface area contributed by atoms with Gasteiger partial charge < -0.3 is 9.88 Å². The van der Waals surface area contributed by atoms with E-state index in [9.17, 15) is 18.0 Å². The molecule has 0 unspecified atom stereocenters. The molecule has 24 heavy (non-hydrogen) atoms. The van der Waals surface area contributed by atoms with E-state index in [1.165, 1.54) is 22.3 Å². The van der Waals surface area contributed by atoms with Gasteiger partial charge in [-0.05, 0) is 30.7 Å². The van der Waals surface area contributed by atoms with Crippen molar-refractivity contribution in [3.05, 3.63) is 28.2 Å². The lowest BCUT2D eigenvalue weighted by atomic mass is 9.84. The summed E-state index contributed by atoms with van der Waals surface area (Å²) in [6, 6.07) is 3.47. The van der Waals surface area contributed by atoms with Crippen LogP contribution in [-0.2, 0) is 21.4 Å². The number of fused-ring (bicyclic) bond motifs is 4. The Hall–Kier alpha value is -1.32. The summed E-state index contributed by atoms with van der Waals surface area (Å²) < 4.78 is 26.9. The van der Waals surface area contributed by atoms with E-state index in [2.05, 4.69) is 5.32 Å². The van der Waals surface area contributed by atoms with Crippen LogP contribution >= 0.6 is 11.8 Å². The number of carbonyl (C=O) groups excluding carboxylic acids is 1. The van der Waals surface area contributed by atoms with E-state index in [1.54, 1.807) is 10.6 Å². The van der Waals surface area contributed by atoms with Crippen LogP contribution in [0, 0.1) is 5.92 Å². The average Bonchev–Trinajstić information content (AvgIpc) is 2.50. The molecule has 3 rings (SSSR count). The number of aromatic nitrogens is 1. The van der Waals surface area contributed by atoms with Crippen molar-refractivity contribution in [2.75, 3.05) is 36.7 Å². The monoisotopic (exact) mass is 371 g/mol. The van der Waals surface area contributed by atoms with Crippen LogP contribution in [0.15, 0.2) is 16.9 Å². The fourth-order valence-corrected chi connectivity index (χ4v) is 4.85. The van der Waals surface area contributed by atoms with Crippen LogP contribution in [0.4, 0.5) is 5.69 Å². The maximum absolute atomic E-state index is 12.7. The van der Waals surface area contributed by atoms with Crippen molar-refractivity contribution in [3.8, 4) is 0 Å². The largest absolute Gasteiger partial charge is 0.321 e. The number of nitrogens with zero attached hydrogens (tertiary/aromatic N) is 2. The highest BCUT2D eigenvalue weighted by atomic mass is 32.2. The number of thioether (sulfide) groups is 1. The van der Waals surface area contributed by atoms with Gasteiger partial charge >= 0.3 is 0 Å². The number of nitrogens with one attached hydrogen (secondary N) is 1. The van der Waals surface area contributed by atoms with Gasteiger partial charge in [0.1, 0.15) is 5.69 Å². The highest BCUT2D eigenvalue weighted by molar-refractivity contribution is 7.99. The van der Waals surface area contributed by atoms with Crippen LogP contribution in [0.1, 0.15) is 18.0 Å². The molecule has 1 fully saturated rings. The number of anilines is 1. The lowest BCUT2D eigenvalue weighted by Crippen LogP contribution is -2.49. The van der Waals surface area contributed by atoms with Gasteiger partial charge in [-0.1, -0.05) is 0 Å². The number of hydrogen-bond donors (Lipinski definition) is 1. The minimum atomic E-state index is -3.22. The van der Waals surface area contributed by atoms with E-state index in [0.29, 0.717) is 25.4 Å². The van der Waals surface area contributed by atoms with Gasteiger partial charge in [-0.25, -0.2) is 12.7 Å². The van der Waals surface area contributed by atoms with Crippen LogP contribution < -0.4 is 10.9 Å². The van der Waals surface area contributed by atoms with E-state index in [1.807, 2.05) is 12.3 Å². The smallest absolute Gasteiger partial charge is 0.274 e. The molecule has 2 bridgehead atoms. The van der Waals surface area contributed by atoms with Crippen LogP contribution in [0.25, 0.3) is 0 Å². The van der Waals surface area contributed by atoms with Crippen molar-refractivity contribution in [2.45, 2.75) is 18.9 Å². The second-order valence-corrected chi connectivity index (χ2v) is 9.30. The Balaban J connectivity index is 1.90. The molecule has 7 nitrogen and oxygen atoms in total. The first kappa shape index (κ1) is 17.5. The van der Waals surface area contributed by atoms with Gasteiger partial charge in [-0.3, -0.25) is 9.59 Å². The Labute approximate surface area is 145 Å². The number of rotatable bonds is 4. The molecule has 1 aromatic rings. The van der Waals surface area contributed by atoms with Crippen molar-refractivity contribution in [1.29, 1.82) is 0 Å². The van der Waals surface area contributed by atoms with Crippen molar-refractivity contribution in [3.63, 3.8) is 0 Å². The summed E-state index contributed by atoms with van der Waals surface area (Å²) in [6.45, 7) is 1.35. The first-order valence-electron chi connectivity index (χ1n) is 7.77. The van der Waals surface area contributed by atoms with E-state index in [0.717, 1.165) is 12.1 Å². The van der Waals surface area contributed by atoms with Gasteiger partial charge in [-0.15, -0.1) is 0 Å². The summed E-state index contributed by atoms with van der Waals surface area (Å²) in [5, 5.41) is 2.66. The zero-order chi connectivity index (χ0) is 17.5. The number of pyridine rings is 1. The molecule has 132 valence electrons. The van der Waals surface area contributed by atoms with Crippen LogP contribution in [0.3, 0.4) is 0 Å². The third-order valence-corrected chi connectivity index (χ3v) is 6.38. The summed E-state index contributed by atoms with van der Waals surface area (Å²) in [5.41, 5.74) is 0.940. The highest BCUT2D eigenvalue weighted by Gasteiger charge is 2.37. The fourth-order valence-electron chi connectivity index (χ4n) is 3.59. The predicted octanol–water partition coefficient (Wildman–Crippen LogP) is 0.528.